The fourth-order valence-electron chi connectivity index (χ4n) is 4.62. The molecule has 150 valence electrons. The van der Waals surface area contributed by atoms with Crippen LogP contribution >= 0.6 is 0 Å². The highest BCUT2D eigenvalue weighted by Gasteiger charge is 2.23. The number of rotatable bonds is 5. The predicted molar refractivity (Wildman–Crippen MR) is 114 cm³/mol. The van der Waals surface area contributed by atoms with Crippen molar-refractivity contribution >= 4 is 22.1 Å². The first-order valence-corrected chi connectivity index (χ1v) is 10.3. The second kappa shape index (κ2) is 7.40. The highest BCUT2D eigenvalue weighted by Crippen LogP contribution is 2.24. The number of piperidine rings is 1. The third kappa shape index (κ3) is 3.31. The minimum Gasteiger partial charge on any atom is -0.306 e. The molecular weight excluding hydrogens is 366 g/mol. The number of imidazole rings is 2. The van der Waals surface area contributed by atoms with Crippen LogP contribution in [0.1, 0.15) is 25.3 Å². The van der Waals surface area contributed by atoms with Crippen molar-refractivity contribution in [2.24, 2.45) is 0 Å². The van der Waals surface area contributed by atoms with Crippen LogP contribution in [-0.4, -0.2) is 43.6 Å². The van der Waals surface area contributed by atoms with Gasteiger partial charge in [-0.25, -0.2) is 9.59 Å². The predicted octanol–water partition coefficient (Wildman–Crippen LogP) is 2.70. The Labute approximate surface area is 167 Å². The Morgan fingerprint density at radius 3 is 2.17 bits per heavy atom. The molecule has 2 aromatic heterocycles. The Kier molecular flexibility index (Phi) is 4.60. The fourth-order valence-corrected chi connectivity index (χ4v) is 4.62. The molecule has 0 aliphatic carbocycles. The van der Waals surface area contributed by atoms with E-state index in [-0.39, 0.29) is 17.4 Å². The molecule has 7 nitrogen and oxygen atoms in total. The third-order valence-electron chi connectivity index (χ3n) is 6.08. The van der Waals surface area contributed by atoms with Crippen molar-refractivity contribution in [1.82, 2.24) is 24.0 Å². The first kappa shape index (κ1) is 18.0. The number of aryl methyl sites for hydroxylation is 1. The number of likely N-dealkylation sites (tertiary alicyclic amines) is 1. The van der Waals surface area contributed by atoms with Crippen LogP contribution in [0.4, 0.5) is 0 Å². The van der Waals surface area contributed by atoms with Gasteiger partial charge in [0, 0.05) is 25.7 Å². The summed E-state index contributed by atoms with van der Waals surface area (Å²) in [6.45, 7) is 3.62. The topological polar surface area (TPSA) is 78.8 Å². The van der Waals surface area contributed by atoms with E-state index < -0.39 is 0 Å². The summed E-state index contributed by atoms with van der Waals surface area (Å²) >= 11 is 0. The Balaban J connectivity index is 1.20. The molecule has 0 bridgehead atoms. The van der Waals surface area contributed by atoms with Gasteiger partial charge in [0.1, 0.15) is 0 Å². The number of H-pyrrole nitrogens is 2. The second-order valence-corrected chi connectivity index (χ2v) is 7.84. The van der Waals surface area contributed by atoms with E-state index >= 15 is 0 Å². The van der Waals surface area contributed by atoms with E-state index in [4.69, 9.17) is 0 Å². The van der Waals surface area contributed by atoms with Gasteiger partial charge in [0.25, 0.3) is 0 Å². The molecule has 29 heavy (non-hydrogen) atoms. The number of nitrogens with zero attached hydrogens (tertiary/aromatic N) is 3. The highest BCUT2D eigenvalue weighted by molar-refractivity contribution is 5.75. The molecule has 7 heteroatoms. The average molecular weight is 391 g/mol. The number of aromatic amines is 2. The summed E-state index contributed by atoms with van der Waals surface area (Å²) in [6.07, 6.45) is 2.86. The van der Waals surface area contributed by atoms with E-state index in [1.165, 1.54) is 0 Å². The van der Waals surface area contributed by atoms with Gasteiger partial charge in [-0.2, -0.15) is 0 Å². The van der Waals surface area contributed by atoms with E-state index in [0.29, 0.717) is 6.54 Å². The van der Waals surface area contributed by atoms with Crippen molar-refractivity contribution in [2.45, 2.75) is 31.8 Å². The number of hydrogen-bond donors (Lipinski definition) is 2. The molecule has 1 aliphatic rings. The molecule has 0 radical (unpaired) electrons. The number of nitrogens with one attached hydrogen (secondary N) is 2. The van der Waals surface area contributed by atoms with Crippen LogP contribution in [0.5, 0.6) is 0 Å². The van der Waals surface area contributed by atoms with E-state index in [1.807, 2.05) is 57.7 Å². The lowest BCUT2D eigenvalue weighted by atomic mass is 10.0. The molecule has 3 heterocycles. The Morgan fingerprint density at radius 1 is 0.793 bits per heavy atom. The monoisotopic (exact) mass is 391 g/mol. The fraction of sp³-hybridized carbons (Fsp3) is 0.364. The number of aromatic nitrogens is 4. The Bertz CT molecular complexity index is 1250. The van der Waals surface area contributed by atoms with Gasteiger partial charge in [0.2, 0.25) is 0 Å². The van der Waals surface area contributed by atoms with Gasteiger partial charge in [0.15, 0.2) is 0 Å². The summed E-state index contributed by atoms with van der Waals surface area (Å²) in [6, 6.07) is 16.0. The van der Waals surface area contributed by atoms with E-state index in [2.05, 4.69) is 14.9 Å². The van der Waals surface area contributed by atoms with E-state index in [1.54, 1.807) is 0 Å². The highest BCUT2D eigenvalue weighted by atomic mass is 16.1. The third-order valence-corrected chi connectivity index (χ3v) is 6.08. The molecule has 5 rings (SSSR count). The molecule has 1 fully saturated rings. The first-order valence-electron chi connectivity index (χ1n) is 10.3. The van der Waals surface area contributed by atoms with Crippen LogP contribution in [-0.2, 0) is 6.54 Å². The smallest absolute Gasteiger partial charge is 0.306 e. The molecule has 0 atom stereocenters. The summed E-state index contributed by atoms with van der Waals surface area (Å²) < 4.78 is 3.76. The maximum Gasteiger partial charge on any atom is 0.326 e. The largest absolute Gasteiger partial charge is 0.326 e. The molecule has 0 spiro atoms. The molecule has 0 saturated carbocycles. The van der Waals surface area contributed by atoms with Crippen LogP contribution in [0.25, 0.3) is 22.1 Å². The number of benzene rings is 2. The van der Waals surface area contributed by atoms with Gasteiger partial charge in [-0.3, -0.25) is 9.13 Å². The van der Waals surface area contributed by atoms with Crippen LogP contribution in [0.2, 0.25) is 0 Å². The minimum atomic E-state index is -0.0383. The molecule has 1 aliphatic heterocycles. The summed E-state index contributed by atoms with van der Waals surface area (Å²) in [4.78, 5) is 32.9. The standard InChI is InChI=1S/C22H25N5O2/c28-21-23-17-6-1-3-8-19(17)26(21)13-5-12-25-14-10-16(11-15-25)27-20-9-4-2-7-18(20)24-22(27)29/h1-4,6-9,16H,5,10-15H2,(H,23,28)(H,24,29). The van der Waals surface area contributed by atoms with Crippen molar-refractivity contribution in [3.63, 3.8) is 0 Å². The van der Waals surface area contributed by atoms with Crippen LogP contribution < -0.4 is 11.4 Å². The zero-order valence-corrected chi connectivity index (χ0v) is 16.3. The molecule has 1 saturated heterocycles. The van der Waals surface area contributed by atoms with Crippen LogP contribution in [0, 0.1) is 0 Å². The minimum absolute atomic E-state index is 0.0108. The molecule has 2 aromatic carbocycles. The average Bonchev–Trinajstić information content (AvgIpc) is 3.24. The molecule has 4 aromatic rings. The van der Waals surface area contributed by atoms with Gasteiger partial charge in [-0.15, -0.1) is 0 Å². The Hall–Kier alpha value is -3.06. The van der Waals surface area contributed by atoms with Crippen LogP contribution in [0.3, 0.4) is 0 Å². The molecule has 0 unspecified atom stereocenters. The second-order valence-electron chi connectivity index (χ2n) is 7.84. The SMILES string of the molecule is O=c1[nH]c2ccccc2n1CCCN1CCC(n2c(=O)[nH]c3ccccc32)CC1. The number of fused-ring (bicyclic) bond motifs is 2. The summed E-state index contributed by atoms with van der Waals surface area (Å²) in [7, 11) is 0. The maximum atomic E-state index is 12.4. The number of para-hydroxylation sites is 4. The van der Waals surface area contributed by atoms with Gasteiger partial charge < -0.3 is 14.9 Å². The van der Waals surface area contributed by atoms with Crippen molar-refractivity contribution < 1.29 is 0 Å². The van der Waals surface area contributed by atoms with E-state index in [9.17, 15) is 9.59 Å². The molecule has 0 amide bonds. The summed E-state index contributed by atoms with van der Waals surface area (Å²) in [5, 5.41) is 0. The van der Waals surface area contributed by atoms with Crippen molar-refractivity contribution in [2.75, 3.05) is 19.6 Å². The number of hydrogen-bond acceptors (Lipinski definition) is 3. The molecule has 2 N–H and O–H groups in total. The quantitative estimate of drug-likeness (QED) is 0.549. The summed E-state index contributed by atoms with van der Waals surface area (Å²) in [5.41, 5.74) is 3.71. The zero-order chi connectivity index (χ0) is 19.8. The normalized spacial score (nSPS) is 16.1. The van der Waals surface area contributed by atoms with Gasteiger partial charge in [0.05, 0.1) is 22.1 Å². The van der Waals surface area contributed by atoms with E-state index in [0.717, 1.165) is 61.0 Å². The summed E-state index contributed by atoms with van der Waals surface area (Å²) in [5.74, 6) is 0. The lowest BCUT2D eigenvalue weighted by Gasteiger charge is -2.32. The lowest BCUT2D eigenvalue weighted by molar-refractivity contribution is 0.183. The maximum absolute atomic E-state index is 12.4. The van der Waals surface area contributed by atoms with Gasteiger partial charge >= 0.3 is 11.4 Å². The van der Waals surface area contributed by atoms with Crippen molar-refractivity contribution in [3.05, 3.63) is 69.5 Å². The molecular formula is C22H25N5O2. The lowest BCUT2D eigenvalue weighted by Crippen LogP contribution is -2.37. The Morgan fingerprint density at radius 2 is 1.41 bits per heavy atom. The first-order chi connectivity index (χ1) is 14.2. The van der Waals surface area contributed by atoms with Gasteiger partial charge in [-0.05, 0) is 50.1 Å². The zero-order valence-electron chi connectivity index (χ0n) is 16.3. The van der Waals surface area contributed by atoms with Crippen molar-refractivity contribution in [1.29, 1.82) is 0 Å². The van der Waals surface area contributed by atoms with Gasteiger partial charge in [-0.1, -0.05) is 24.3 Å². The van der Waals surface area contributed by atoms with Crippen LogP contribution in [0.15, 0.2) is 58.1 Å². The van der Waals surface area contributed by atoms with Crippen molar-refractivity contribution in [3.8, 4) is 0 Å².